The summed E-state index contributed by atoms with van der Waals surface area (Å²) in [7, 11) is 0. The highest BCUT2D eigenvalue weighted by atomic mass is 16.5. The molecule has 0 aromatic rings. The molecule has 2 unspecified atom stereocenters. The Labute approximate surface area is 118 Å². The maximum Gasteiger partial charge on any atom is 0.305 e. The Morgan fingerprint density at radius 3 is 2.58 bits per heavy atom. The molecule has 19 heavy (non-hydrogen) atoms. The van der Waals surface area contributed by atoms with Gasteiger partial charge in [0.1, 0.15) is 0 Å². The molecule has 0 radical (unpaired) electrons. The standard InChI is InChI=1S/C16H30O3/c1-12(2)16(4,5)9-8-15(17)19-11-14-7-6-13(3)18-10-14/h12-14H,6-11H2,1-5H3. The van der Waals surface area contributed by atoms with Crippen LogP contribution in [0, 0.1) is 17.3 Å². The van der Waals surface area contributed by atoms with Crippen molar-refractivity contribution in [2.75, 3.05) is 13.2 Å². The Balaban J connectivity index is 2.18. The molecule has 0 spiro atoms. The van der Waals surface area contributed by atoms with E-state index < -0.39 is 0 Å². The highest BCUT2D eigenvalue weighted by Crippen LogP contribution is 2.31. The van der Waals surface area contributed by atoms with Gasteiger partial charge in [-0.05, 0) is 37.5 Å². The van der Waals surface area contributed by atoms with Crippen molar-refractivity contribution < 1.29 is 14.3 Å². The normalized spacial score (nSPS) is 24.5. The molecule has 1 aliphatic heterocycles. The molecule has 0 amide bonds. The Hall–Kier alpha value is -0.570. The summed E-state index contributed by atoms with van der Waals surface area (Å²) in [4.78, 5) is 11.8. The van der Waals surface area contributed by atoms with Crippen molar-refractivity contribution in [3.63, 3.8) is 0 Å². The molecule has 3 nitrogen and oxygen atoms in total. The van der Waals surface area contributed by atoms with E-state index in [1.165, 1.54) is 0 Å². The Morgan fingerprint density at radius 2 is 2.05 bits per heavy atom. The first kappa shape index (κ1) is 16.5. The van der Waals surface area contributed by atoms with E-state index in [1.807, 2.05) is 0 Å². The van der Waals surface area contributed by atoms with Crippen LogP contribution in [0.25, 0.3) is 0 Å². The predicted molar refractivity (Wildman–Crippen MR) is 77.0 cm³/mol. The molecule has 112 valence electrons. The molecule has 3 heteroatoms. The van der Waals surface area contributed by atoms with Gasteiger partial charge in [0.25, 0.3) is 0 Å². The minimum atomic E-state index is -0.0626. The molecule has 0 bridgehead atoms. The van der Waals surface area contributed by atoms with Crippen molar-refractivity contribution in [2.24, 2.45) is 17.3 Å². The van der Waals surface area contributed by atoms with Gasteiger partial charge in [-0.3, -0.25) is 4.79 Å². The molecule has 1 heterocycles. The van der Waals surface area contributed by atoms with Crippen LogP contribution in [0.15, 0.2) is 0 Å². The Morgan fingerprint density at radius 1 is 1.37 bits per heavy atom. The van der Waals surface area contributed by atoms with Crippen LogP contribution >= 0.6 is 0 Å². The molecule has 0 saturated carbocycles. The first-order chi connectivity index (χ1) is 8.81. The van der Waals surface area contributed by atoms with Gasteiger partial charge in [-0.2, -0.15) is 0 Å². The lowest BCUT2D eigenvalue weighted by Crippen LogP contribution is -2.28. The van der Waals surface area contributed by atoms with Gasteiger partial charge < -0.3 is 9.47 Å². The quantitative estimate of drug-likeness (QED) is 0.689. The van der Waals surface area contributed by atoms with Gasteiger partial charge in [-0.1, -0.05) is 27.7 Å². The second-order valence-corrected chi connectivity index (χ2v) is 6.91. The van der Waals surface area contributed by atoms with E-state index in [2.05, 4.69) is 34.6 Å². The van der Waals surface area contributed by atoms with Gasteiger partial charge in [0.05, 0.1) is 19.3 Å². The lowest BCUT2D eigenvalue weighted by Gasteiger charge is -2.29. The van der Waals surface area contributed by atoms with Crippen molar-refractivity contribution >= 4 is 5.97 Å². The highest BCUT2D eigenvalue weighted by Gasteiger charge is 2.24. The average molecular weight is 270 g/mol. The van der Waals surface area contributed by atoms with Crippen LogP contribution in [0.5, 0.6) is 0 Å². The molecule has 0 aromatic carbocycles. The molecule has 0 aliphatic carbocycles. The minimum Gasteiger partial charge on any atom is -0.465 e. The van der Waals surface area contributed by atoms with E-state index in [0.29, 0.717) is 31.0 Å². The van der Waals surface area contributed by atoms with E-state index in [4.69, 9.17) is 9.47 Å². The molecular formula is C16H30O3. The van der Waals surface area contributed by atoms with Crippen molar-refractivity contribution in [3.05, 3.63) is 0 Å². The zero-order chi connectivity index (χ0) is 14.5. The Bertz CT molecular complexity index is 276. The van der Waals surface area contributed by atoms with Gasteiger partial charge in [-0.25, -0.2) is 0 Å². The molecule has 1 saturated heterocycles. The third kappa shape index (κ3) is 5.94. The summed E-state index contributed by atoms with van der Waals surface area (Å²) in [6.07, 6.45) is 3.95. The van der Waals surface area contributed by atoms with Crippen LogP contribution in [-0.4, -0.2) is 25.3 Å². The molecule has 0 N–H and O–H groups in total. The van der Waals surface area contributed by atoms with Crippen LogP contribution in [0.3, 0.4) is 0 Å². The molecule has 1 aliphatic rings. The summed E-state index contributed by atoms with van der Waals surface area (Å²) in [6.45, 7) is 12.2. The fourth-order valence-electron chi connectivity index (χ4n) is 2.06. The van der Waals surface area contributed by atoms with E-state index >= 15 is 0 Å². The number of rotatable bonds is 6. The number of carbonyl (C=O) groups excluding carboxylic acids is 1. The summed E-state index contributed by atoms with van der Waals surface area (Å²) in [6, 6.07) is 0. The summed E-state index contributed by atoms with van der Waals surface area (Å²) < 4.78 is 11.0. The maximum absolute atomic E-state index is 11.8. The first-order valence-electron chi connectivity index (χ1n) is 7.58. The number of ether oxygens (including phenoxy) is 2. The van der Waals surface area contributed by atoms with Crippen molar-refractivity contribution in [1.82, 2.24) is 0 Å². The Kier molecular flexibility index (Phi) is 6.31. The molecule has 0 aromatic heterocycles. The number of hydrogen-bond acceptors (Lipinski definition) is 3. The van der Waals surface area contributed by atoms with Gasteiger partial charge in [0.2, 0.25) is 0 Å². The van der Waals surface area contributed by atoms with E-state index in [-0.39, 0.29) is 11.4 Å². The van der Waals surface area contributed by atoms with Crippen LogP contribution < -0.4 is 0 Å². The number of esters is 1. The minimum absolute atomic E-state index is 0.0626. The topological polar surface area (TPSA) is 35.5 Å². The molecule has 2 atom stereocenters. The van der Waals surface area contributed by atoms with Gasteiger partial charge in [0, 0.05) is 12.3 Å². The van der Waals surface area contributed by atoms with Crippen LogP contribution in [0.1, 0.15) is 60.3 Å². The fourth-order valence-corrected chi connectivity index (χ4v) is 2.06. The zero-order valence-corrected chi connectivity index (χ0v) is 13.2. The summed E-state index contributed by atoms with van der Waals surface area (Å²) in [5.41, 5.74) is 0.197. The number of carbonyl (C=O) groups is 1. The lowest BCUT2D eigenvalue weighted by atomic mass is 9.77. The predicted octanol–water partition coefficient (Wildman–Crippen LogP) is 3.81. The second kappa shape index (κ2) is 7.28. The number of hydrogen-bond donors (Lipinski definition) is 0. The van der Waals surface area contributed by atoms with Crippen LogP contribution in [0.4, 0.5) is 0 Å². The molecule has 1 fully saturated rings. The maximum atomic E-state index is 11.8. The SMILES string of the molecule is CC1CCC(COC(=O)CCC(C)(C)C(C)C)CO1. The van der Waals surface area contributed by atoms with Gasteiger partial charge >= 0.3 is 5.97 Å². The van der Waals surface area contributed by atoms with Crippen molar-refractivity contribution in [2.45, 2.75) is 66.4 Å². The molecule has 1 rings (SSSR count). The monoisotopic (exact) mass is 270 g/mol. The highest BCUT2D eigenvalue weighted by molar-refractivity contribution is 5.69. The second-order valence-electron chi connectivity index (χ2n) is 6.91. The van der Waals surface area contributed by atoms with E-state index in [0.717, 1.165) is 25.9 Å². The van der Waals surface area contributed by atoms with Crippen LogP contribution in [-0.2, 0) is 14.3 Å². The third-order valence-corrected chi connectivity index (χ3v) is 4.61. The van der Waals surface area contributed by atoms with Crippen LogP contribution in [0.2, 0.25) is 0 Å². The van der Waals surface area contributed by atoms with Gasteiger partial charge in [0.15, 0.2) is 0 Å². The first-order valence-corrected chi connectivity index (χ1v) is 7.58. The smallest absolute Gasteiger partial charge is 0.305 e. The van der Waals surface area contributed by atoms with E-state index in [1.54, 1.807) is 0 Å². The third-order valence-electron chi connectivity index (χ3n) is 4.61. The summed E-state index contributed by atoms with van der Waals surface area (Å²) in [5, 5.41) is 0. The summed E-state index contributed by atoms with van der Waals surface area (Å²) in [5.74, 6) is 0.902. The van der Waals surface area contributed by atoms with Crippen molar-refractivity contribution in [3.8, 4) is 0 Å². The average Bonchev–Trinajstić information content (AvgIpc) is 2.35. The lowest BCUT2D eigenvalue weighted by molar-refractivity contribution is -0.147. The zero-order valence-electron chi connectivity index (χ0n) is 13.2. The largest absolute Gasteiger partial charge is 0.465 e. The van der Waals surface area contributed by atoms with Gasteiger partial charge in [-0.15, -0.1) is 0 Å². The summed E-state index contributed by atoms with van der Waals surface area (Å²) >= 11 is 0. The van der Waals surface area contributed by atoms with Crippen molar-refractivity contribution in [1.29, 1.82) is 0 Å². The molecular weight excluding hydrogens is 240 g/mol. The van der Waals surface area contributed by atoms with E-state index in [9.17, 15) is 4.79 Å². The fraction of sp³-hybridized carbons (Fsp3) is 0.938.